The molecule has 0 amide bonds. The monoisotopic (exact) mass is 428 g/mol. The maximum atomic E-state index is 12.0. The summed E-state index contributed by atoms with van der Waals surface area (Å²) in [5, 5.41) is 7.94. The van der Waals surface area contributed by atoms with Crippen molar-refractivity contribution in [1.82, 2.24) is 10.2 Å². The van der Waals surface area contributed by atoms with Gasteiger partial charge in [0.15, 0.2) is 18.1 Å². The van der Waals surface area contributed by atoms with E-state index in [1.807, 2.05) is 24.3 Å². The van der Waals surface area contributed by atoms with Crippen molar-refractivity contribution in [3.05, 3.63) is 47.9 Å². The summed E-state index contributed by atoms with van der Waals surface area (Å²) in [4.78, 5) is 12.0. The lowest BCUT2D eigenvalue weighted by atomic mass is 10.1. The number of benzene rings is 2. The van der Waals surface area contributed by atoms with E-state index >= 15 is 0 Å². The minimum Gasteiger partial charge on any atom is -0.497 e. The Morgan fingerprint density at radius 1 is 0.903 bits per heavy atom. The van der Waals surface area contributed by atoms with Crippen LogP contribution in [0.1, 0.15) is 17.9 Å². The SMILES string of the molecule is COc1ccc(CCC(=O)OCc2nnc(-c3cc(OC)c(OC)c(OC)c3)o2)cc1. The smallest absolute Gasteiger partial charge is 0.306 e. The zero-order valence-corrected chi connectivity index (χ0v) is 17.8. The minimum atomic E-state index is -0.358. The van der Waals surface area contributed by atoms with E-state index in [4.69, 9.17) is 28.1 Å². The minimum absolute atomic E-state index is 0.112. The largest absolute Gasteiger partial charge is 0.497 e. The van der Waals surface area contributed by atoms with Gasteiger partial charge >= 0.3 is 5.97 Å². The van der Waals surface area contributed by atoms with Crippen LogP contribution in [0, 0.1) is 0 Å². The zero-order valence-electron chi connectivity index (χ0n) is 17.8. The molecule has 0 saturated heterocycles. The lowest BCUT2D eigenvalue weighted by Gasteiger charge is -2.12. The van der Waals surface area contributed by atoms with Crippen LogP contribution in [0.3, 0.4) is 0 Å². The van der Waals surface area contributed by atoms with Gasteiger partial charge in [-0.05, 0) is 36.2 Å². The second-order valence-electron chi connectivity index (χ2n) is 6.42. The van der Waals surface area contributed by atoms with E-state index in [-0.39, 0.29) is 30.8 Å². The molecular weight excluding hydrogens is 404 g/mol. The van der Waals surface area contributed by atoms with Crippen LogP contribution in [-0.4, -0.2) is 44.6 Å². The van der Waals surface area contributed by atoms with Gasteiger partial charge in [0.1, 0.15) is 5.75 Å². The number of nitrogens with zero attached hydrogens (tertiary/aromatic N) is 2. The third kappa shape index (κ3) is 5.44. The molecule has 3 rings (SSSR count). The predicted octanol–water partition coefficient (Wildman–Crippen LogP) is 3.45. The summed E-state index contributed by atoms with van der Waals surface area (Å²) in [5.74, 6) is 2.21. The van der Waals surface area contributed by atoms with Gasteiger partial charge in [-0.25, -0.2) is 0 Å². The van der Waals surface area contributed by atoms with E-state index < -0.39 is 0 Å². The number of aromatic nitrogens is 2. The molecule has 0 fully saturated rings. The van der Waals surface area contributed by atoms with Gasteiger partial charge in [-0.15, -0.1) is 10.2 Å². The summed E-state index contributed by atoms with van der Waals surface area (Å²) in [5.41, 5.74) is 1.60. The van der Waals surface area contributed by atoms with Gasteiger partial charge in [0.2, 0.25) is 11.6 Å². The molecule has 0 N–H and O–H groups in total. The summed E-state index contributed by atoms with van der Waals surface area (Å²) >= 11 is 0. The Balaban J connectivity index is 1.59. The standard InChI is InChI=1S/C22H24N2O7/c1-26-16-8-5-14(6-9-16)7-10-20(25)30-13-19-23-24-22(31-19)15-11-17(27-2)21(29-4)18(12-15)28-3/h5-6,8-9,11-12H,7,10,13H2,1-4H3. The lowest BCUT2D eigenvalue weighted by Crippen LogP contribution is -2.06. The van der Waals surface area contributed by atoms with Gasteiger partial charge in [-0.2, -0.15) is 0 Å². The molecule has 0 unspecified atom stereocenters. The Morgan fingerprint density at radius 3 is 2.16 bits per heavy atom. The highest BCUT2D eigenvalue weighted by atomic mass is 16.5. The van der Waals surface area contributed by atoms with Crippen LogP contribution in [0.4, 0.5) is 0 Å². The van der Waals surface area contributed by atoms with Crippen molar-refractivity contribution in [3.8, 4) is 34.5 Å². The average Bonchev–Trinajstić information content (AvgIpc) is 3.29. The van der Waals surface area contributed by atoms with E-state index in [0.29, 0.717) is 29.2 Å². The summed E-state index contributed by atoms with van der Waals surface area (Å²) < 4.78 is 31.9. The summed E-state index contributed by atoms with van der Waals surface area (Å²) in [6.45, 7) is -0.112. The molecule has 31 heavy (non-hydrogen) atoms. The van der Waals surface area contributed by atoms with Crippen molar-refractivity contribution >= 4 is 5.97 Å². The van der Waals surface area contributed by atoms with Gasteiger partial charge < -0.3 is 28.1 Å². The molecule has 1 aromatic heterocycles. The second kappa shape index (κ2) is 10.3. The third-order valence-corrected chi connectivity index (χ3v) is 4.51. The van der Waals surface area contributed by atoms with Crippen LogP contribution in [-0.2, 0) is 22.6 Å². The number of esters is 1. The summed E-state index contributed by atoms with van der Waals surface area (Å²) in [6, 6.07) is 10.9. The molecule has 0 aliphatic rings. The Morgan fingerprint density at radius 2 is 1.58 bits per heavy atom. The number of hydrogen-bond donors (Lipinski definition) is 0. The summed E-state index contributed by atoms with van der Waals surface area (Å²) in [7, 11) is 6.17. The molecule has 2 aromatic carbocycles. The van der Waals surface area contributed by atoms with E-state index in [1.54, 1.807) is 19.2 Å². The van der Waals surface area contributed by atoms with Crippen molar-refractivity contribution in [1.29, 1.82) is 0 Å². The van der Waals surface area contributed by atoms with Gasteiger partial charge in [0, 0.05) is 12.0 Å². The Bertz CT molecular complexity index is 990. The molecule has 3 aromatic rings. The van der Waals surface area contributed by atoms with Crippen LogP contribution < -0.4 is 18.9 Å². The normalized spacial score (nSPS) is 10.5. The maximum absolute atomic E-state index is 12.0. The number of ether oxygens (including phenoxy) is 5. The topological polar surface area (TPSA) is 102 Å². The molecule has 0 aliphatic carbocycles. The highest BCUT2D eigenvalue weighted by Gasteiger charge is 2.18. The van der Waals surface area contributed by atoms with Crippen LogP contribution in [0.25, 0.3) is 11.5 Å². The Kier molecular flexibility index (Phi) is 7.31. The Hall–Kier alpha value is -3.75. The fraction of sp³-hybridized carbons (Fsp3) is 0.318. The number of methoxy groups -OCH3 is 4. The molecule has 0 radical (unpaired) electrons. The van der Waals surface area contributed by atoms with E-state index in [2.05, 4.69) is 10.2 Å². The molecule has 0 atom stereocenters. The zero-order chi connectivity index (χ0) is 22.2. The first-order chi connectivity index (χ1) is 15.1. The second-order valence-corrected chi connectivity index (χ2v) is 6.42. The van der Waals surface area contributed by atoms with Gasteiger partial charge in [-0.3, -0.25) is 4.79 Å². The highest BCUT2D eigenvalue weighted by Crippen LogP contribution is 2.40. The molecular formula is C22H24N2O7. The van der Waals surface area contributed by atoms with E-state index in [0.717, 1.165) is 11.3 Å². The quantitative estimate of drug-likeness (QED) is 0.449. The molecule has 9 nitrogen and oxygen atoms in total. The first-order valence-electron chi connectivity index (χ1n) is 9.49. The molecule has 0 bridgehead atoms. The van der Waals surface area contributed by atoms with Crippen molar-refractivity contribution in [2.75, 3.05) is 28.4 Å². The van der Waals surface area contributed by atoms with Crippen LogP contribution in [0.15, 0.2) is 40.8 Å². The highest BCUT2D eigenvalue weighted by molar-refractivity contribution is 5.69. The van der Waals surface area contributed by atoms with Gasteiger partial charge in [-0.1, -0.05) is 12.1 Å². The fourth-order valence-electron chi connectivity index (χ4n) is 2.89. The molecule has 0 spiro atoms. The number of rotatable bonds is 10. The number of aryl methyl sites for hydroxylation is 1. The predicted molar refractivity (Wildman–Crippen MR) is 111 cm³/mol. The van der Waals surface area contributed by atoms with Crippen LogP contribution >= 0.6 is 0 Å². The summed E-state index contributed by atoms with van der Waals surface area (Å²) in [6.07, 6.45) is 0.795. The van der Waals surface area contributed by atoms with Crippen molar-refractivity contribution < 1.29 is 32.9 Å². The molecule has 0 aliphatic heterocycles. The number of carbonyl (C=O) groups excluding carboxylic acids is 1. The van der Waals surface area contributed by atoms with E-state index in [9.17, 15) is 4.79 Å². The fourth-order valence-corrected chi connectivity index (χ4v) is 2.89. The van der Waals surface area contributed by atoms with Gasteiger partial charge in [0.25, 0.3) is 5.89 Å². The first-order valence-corrected chi connectivity index (χ1v) is 9.49. The van der Waals surface area contributed by atoms with Gasteiger partial charge in [0.05, 0.1) is 28.4 Å². The first kappa shape index (κ1) is 21.9. The van der Waals surface area contributed by atoms with Crippen LogP contribution in [0.5, 0.6) is 23.0 Å². The molecule has 9 heteroatoms. The molecule has 164 valence electrons. The number of carbonyl (C=O) groups is 1. The molecule has 1 heterocycles. The Labute approximate surface area is 179 Å². The number of hydrogen-bond acceptors (Lipinski definition) is 9. The van der Waals surface area contributed by atoms with Crippen LogP contribution in [0.2, 0.25) is 0 Å². The van der Waals surface area contributed by atoms with E-state index in [1.165, 1.54) is 21.3 Å². The third-order valence-electron chi connectivity index (χ3n) is 4.51. The molecule has 0 saturated carbocycles. The lowest BCUT2D eigenvalue weighted by molar-refractivity contribution is -0.145. The van der Waals surface area contributed by atoms with Crippen molar-refractivity contribution in [2.45, 2.75) is 19.4 Å². The average molecular weight is 428 g/mol. The van der Waals surface area contributed by atoms with Crippen molar-refractivity contribution in [2.24, 2.45) is 0 Å². The maximum Gasteiger partial charge on any atom is 0.306 e. The van der Waals surface area contributed by atoms with Crippen molar-refractivity contribution in [3.63, 3.8) is 0 Å².